The van der Waals surface area contributed by atoms with Crippen LogP contribution in [0, 0.1) is 10.1 Å². The lowest BCUT2D eigenvalue weighted by atomic mass is 10.3. The van der Waals surface area contributed by atoms with Gasteiger partial charge in [0.2, 0.25) is 10.0 Å². The topological polar surface area (TPSA) is 80.5 Å². The molecule has 94 valence electrons. The zero-order valence-electron chi connectivity index (χ0n) is 9.82. The van der Waals surface area contributed by atoms with E-state index < -0.39 is 14.9 Å². The number of hydrogen-bond acceptors (Lipinski definition) is 4. The van der Waals surface area contributed by atoms with Gasteiger partial charge in [-0.25, -0.2) is 8.42 Å². The second-order valence-corrected chi connectivity index (χ2v) is 5.86. The van der Waals surface area contributed by atoms with Gasteiger partial charge in [-0.1, -0.05) is 0 Å². The molecule has 0 heterocycles. The lowest BCUT2D eigenvalue weighted by Gasteiger charge is -2.20. The van der Waals surface area contributed by atoms with Crippen LogP contribution < -0.4 is 0 Å². The van der Waals surface area contributed by atoms with Crippen molar-refractivity contribution in [3.63, 3.8) is 0 Å². The fourth-order valence-corrected chi connectivity index (χ4v) is 2.55. The second kappa shape index (κ2) is 4.80. The summed E-state index contributed by atoms with van der Waals surface area (Å²) in [5, 5.41) is 10.4. The van der Waals surface area contributed by atoms with Crippen LogP contribution in [-0.2, 0) is 10.0 Å². The van der Waals surface area contributed by atoms with Crippen molar-refractivity contribution < 1.29 is 13.3 Å². The molecule has 0 fully saturated rings. The smallest absolute Gasteiger partial charge is 0.258 e. The summed E-state index contributed by atoms with van der Waals surface area (Å²) in [6, 6.07) is 4.68. The third-order valence-corrected chi connectivity index (χ3v) is 4.50. The minimum atomic E-state index is -3.57. The summed E-state index contributed by atoms with van der Waals surface area (Å²) in [7, 11) is -2.10. The molecule has 1 aromatic rings. The Morgan fingerprint density at radius 1 is 1.24 bits per heavy atom. The van der Waals surface area contributed by atoms with Gasteiger partial charge in [0.05, 0.1) is 9.82 Å². The average Bonchev–Trinajstić information content (AvgIpc) is 2.27. The highest BCUT2D eigenvalue weighted by Crippen LogP contribution is 2.19. The van der Waals surface area contributed by atoms with E-state index in [1.165, 1.54) is 35.6 Å². The quantitative estimate of drug-likeness (QED) is 0.607. The number of nitrogens with zero attached hydrogens (tertiary/aromatic N) is 2. The standard InChI is InChI=1S/C10H14N2O4S/c1-8(2)11(3)17(15,16)10-6-4-9(5-7-10)12(13)14/h4-8H,1-3H3. The van der Waals surface area contributed by atoms with Crippen molar-refractivity contribution in [2.75, 3.05) is 7.05 Å². The first-order chi connectivity index (χ1) is 7.76. The van der Waals surface area contributed by atoms with E-state index in [-0.39, 0.29) is 16.6 Å². The maximum absolute atomic E-state index is 12.0. The van der Waals surface area contributed by atoms with Crippen molar-refractivity contribution >= 4 is 15.7 Å². The van der Waals surface area contributed by atoms with Crippen LogP contribution in [0.4, 0.5) is 5.69 Å². The predicted octanol–water partition coefficient (Wildman–Crippen LogP) is 1.62. The van der Waals surface area contributed by atoms with E-state index in [1.54, 1.807) is 13.8 Å². The number of nitro groups is 1. The Labute approximate surface area is 100 Å². The molecule has 0 N–H and O–H groups in total. The van der Waals surface area contributed by atoms with Crippen LogP contribution in [0.3, 0.4) is 0 Å². The molecule has 7 heteroatoms. The van der Waals surface area contributed by atoms with Gasteiger partial charge >= 0.3 is 0 Å². The van der Waals surface area contributed by atoms with Gasteiger partial charge in [0.1, 0.15) is 0 Å². The molecule has 0 radical (unpaired) electrons. The van der Waals surface area contributed by atoms with E-state index in [4.69, 9.17) is 0 Å². The van der Waals surface area contributed by atoms with Gasteiger partial charge in [0, 0.05) is 25.2 Å². The molecular formula is C10H14N2O4S. The second-order valence-electron chi connectivity index (χ2n) is 3.87. The maximum Gasteiger partial charge on any atom is 0.269 e. The predicted molar refractivity (Wildman–Crippen MR) is 63.2 cm³/mol. The number of nitro benzene ring substituents is 1. The number of non-ortho nitro benzene ring substituents is 1. The van der Waals surface area contributed by atoms with Crippen LogP contribution in [0.25, 0.3) is 0 Å². The summed E-state index contributed by atoms with van der Waals surface area (Å²) < 4.78 is 25.2. The molecule has 0 atom stereocenters. The van der Waals surface area contributed by atoms with E-state index in [2.05, 4.69) is 0 Å². The molecule has 0 aliphatic carbocycles. The highest BCUT2D eigenvalue weighted by atomic mass is 32.2. The van der Waals surface area contributed by atoms with Gasteiger partial charge in [-0.15, -0.1) is 0 Å². The number of hydrogen-bond donors (Lipinski definition) is 0. The number of benzene rings is 1. The normalized spacial score (nSPS) is 12.1. The summed E-state index contributed by atoms with van der Waals surface area (Å²) in [5.74, 6) is 0. The number of sulfonamides is 1. The van der Waals surface area contributed by atoms with Crippen molar-refractivity contribution in [3.8, 4) is 0 Å². The Morgan fingerprint density at radius 3 is 2.06 bits per heavy atom. The monoisotopic (exact) mass is 258 g/mol. The molecule has 17 heavy (non-hydrogen) atoms. The van der Waals surface area contributed by atoms with Crippen LogP contribution in [0.5, 0.6) is 0 Å². The molecule has 0 saturated heterocycles. The fraction of sp³-hybridized carbons (Fsp3) is 0.400. The van der Waals surface area contributed by atoms with Gasteiger partial charge in [-0.2, -0.15) is 4.31 Å². The third-order valence-electron chi connectivity index (χ3n) is 2.45. The summed E-state index contributed by atoms with van der Waals surface area (Å²) in [4.78, 5) is 9.94. The summed E-state index contributed by atoms with van der Waals surface area (Å²) in [6.07, 6.45) is 0. The molecule has 0 aromatic heterocycles. The zero-order chi connectivity index (χ0) is 13.2. The molecule has 0 unspecified atom stereocenters. The van der Waals surface area contributed by atoms with Crippen molar-refractivity contribution in [2.24, 2.45) is 0 Å². The van der Waals surface area contributed by atoms with Gasteiger partial charge in [0.15, 0.2) is 0 Å². The van der Waals surface area contributed by atoms with Crippen LogP contribution in [0.15, 0.2) is 29.2 Å². The Kier molecular flexibility index (Phi) is 3.84. The lowest BCUT2D eigenvalue weighted by molar-refractivity contribution is -0.384. The molecule has 0 aliphatic heterocycles. The Morgan fingerprint density at radius 2 is 1.71 bits per heavy atom. The number of rotatable bonds is 4. The fourth-order valence-electron chi connectivity index (χ4n) is 1.18. The van der Waals surface area contributed by atoms with Crippen LogP contribution in [0.1, 0.15) is 13.8 Å². The van der Waals surface area contributed by atoms with Gasteiger partial charge in [-0.3, -0.25) is 10.1 Å². The molecular weight excluding hydrogens is 244 g/mol. The van der Waals surface area contributed by atoms with E-state index in [1.807, 2.05) is 0 Å². The third kappa shape index (κ3) is 2.80. The maximum atomic E-state index is 12.0. The first-order valence-corrected chi connectivity index (χ1v) is 6.43. The average molecular weight is 258 g/mol. The van der Waals surface area contributed by atoms with Crippen LogP contribution >= 0.6 is 0 Å². The summed E-state index contributed by atoms with van der Waals surface area (Å²) >= 11 is 0. The Balaban J connectivity index is 3.13. The minimum absolute atomic E-state index is 0.0549. The molecule has 0 saturated carbocycles. The van der Waals surface area contributed by atoms with Crippen LogP contribution in [-0.4, -0.2) is 30.7 Å². The SMILES string of the molecule is CC(C)N(C)S(=O)(=O)c1ccc([N+](=O)[O-])cc1. The first kappa shape index (κ1) is 13.6. The summed E-state index contributed by atoms with van der Waals surface area (Å²) in [6.45, 7) is 3.51. The molecule has 1 rings (SSSR count). The van der Waals surface area contributed by atoms with Crippen LogP contribution in [0.2, 0.25) is 0 Å². The zero-order valence-corrected chi connectivity index (χ0v) is 10.6. The van der Waals surface area contributed by atoms with E-state index >= 15 is 0 Å². The lowest BCUT2D eigenvalue weighted by Crippen LogP contribution is -2.32. The molecule has 6 nitrogen and oxygen atoms in total. The van der Waals surface area contributed by atoms with Gasteiger partial charge < -0.3 is 0 Å². The van der Waals surface area contributed by atoms with E-state index in [0.29, 0.717) is 0 Å². The van der Waals surface area contributed by atoms with Gasteiger partial charge in [-0.05, 0) is 26.0 Å². The van der Waals surface area contributed by atoms with Crippen molar-refractivity contribution in [1.29, 1.82) is 0 Å². The Bertz CT molecular complexity index is 508. The van der Waals surface area contributed by atoms with E-state index in [9.17, 15) is 18.5 Å². The van der Waals surface area contributed by atoms with Gasteiger partial charge in [0.25, 0.3) is 5.69 Å². The largest absolute Gasteiger partial charge is 0.269 e. The summed E-state index contributed by atoms with van der Waals surface area (Å²) in [5.41, 5.74) is -0.129. The van der Waals surface area contributed by atoms with Crippen molar-refractivity contribution in [1.82, 2.24) is 4.31 Å². The minimum Gasteiger partial charge on any atom is -0.258 e. The highest BCUT2D eigenvalue weighted by Gasteiger charge is 2.23. The van der Waals surface area contributed by atoms with Crippen molar-refractivity contribution in [2.45, 2.75) is 24.8 Å². The van der Waals surface area contributed by atoms with E-state index in [0.717, 1.165) is 0 Å². The van der Waals surface area contributed by atoms with Crippen molar-refractivity contribution in [3.05, 3.63) is 34.4 Å². The molecule has 1 aromatic carbocycles. The molecule has 0 aliphatic rings. The molecule has 0 spiro atoms. The molecule has 0 amide bonds. The Hall–Kier alpha value is -1.47. The highest BCUT2D eigenvalue weighted by molar-refractivity contribution is 7.89. The first-order valence-electron chi connectivity index (χ1n) is 4.99. The molecule has 0 bridgehead atoms.